The van der Waals surface area contributed by atoms with Crippen molar-refractivity contribution >= 4 is 11.9 Å². The van der Waals surface area contributed by atoms with Crippen LogP contribution < -0.4 is 14.8 Å². The fourth-order valence-electron chi connectivity index (χ4n) is 2.37. The number of para-hydroxylation sites is 1. The van der Waals surface area contributed by atoms with Gasteiger partial charge in [0.1, 0.15) is 11.5 Å². The SMILES string of the molecule is COc1ccc(CNC(=O)[C@@H](C)OC(=O)Cc2ccccc2OC)cc1. The van der Waals surface area contributed by atoms with Crippen molar-refractivity contribution in [2.24, 2.45) is 0 Å². The predicted molar refractivity (Wildman–Crippen MR) is 97.1 cm³/mol. The number of carbonyl (C=O) groups excluding carboxylic acids is 2. The fourth-order valence-corrected chi connectivity index (χ4v) is 2.37. The Morgan fingerprint density at radius 3 is 2.35 bits per heavy atom. The van der Waals surface area contributed by atoms with Gasteiger partial charge in [-0.3, -0.25) is 9.59 Å². The lowest BCUT2D eigenvalue weighted by Gasteiger charge is -2.14. The van der Waals surface area contributed by atoms with Crippen LogP contribution in [0.4, 0.5) is 0 Å². The van der Waals surface area contributed by atoms with Gasteiger partial charge in [-0.25, -0.2) is 0 Å². The lowest BCUT2D eigenvalue weighted by molar-refractivity contribution is -0.154. The number of methoxy groups -OCH3 is 2. The third kappa shape index (κ3) is 5.51. The second-order valence-electron chi connectivity index (χ2n) is 5.69. The maximum Gasteiger partial charge on any atom is 0.311 e. The molecular formula is C20H23NO5. The molecule has 0 fully saturated rings. The molecule has 2 aromatic rings. The van der Waals surface area contributed by atoms with Gasteiger partial charge >= 0.3 is 5.97 Å². The Morgan fingerprint density at radius 2 is 1.69 bits per heavy atom. The van der Waals surface area contributed by atoms with Gasteiger partial charge in [0.15, 0.2) is 6.10 Å². The van der Waals surface area contributed by atoms with E-state index >= 15 is 0 Å². The van der Waals surface area contributed by atoms with Crippen LogP contribution in [-0.4, -0.2) is 32.2 Å². The number of carbonyl (C=O) groups is 2. The average molecular weight is 357 g/mol. The molecule has 26 heavy (non-hydrogen) atoms. The maximum atomic E-state index is 12.1. The Kier molecular flexibility index (Phi) is 7.02. The van der Waals surface area contributed by atoms with E-state index in [2.05, 4.69) is 5.32 Å². The Labute approximate surface area is 153 Å². The molecular weight excluding hydrogens is 334 g/mol. The normalized spacial score (nSPS) is 11.3. The Morgan fingerprint density at radius 1 is 1.00 bits per heavy atom. The molecule has 0 spiro atoms. The van der Waals surface area contributed by atoms with Crippen LogP contribution in [-0.2, 0) is 27.3 Å². The molecule has 1 amide bonds. The molecule has 0 heterocycles. The van der Waals surface area contributed by atoms with Gasteiger partial charge in [0.25, 0.3) is 5.91 Å². The van der Waals surface area contributed by atoms with Gasteiger partial charge in [0.2, 0.25) is 0 Å². The van der Waals surface area contributed by atoms with Crippen molar-refractivity contribution in [3.05, 3.63) is 59.7 Å². The summed E-state index contributed by atoms with van der Waals surface area (Å²) < 4.78 is 15.5. The first kappa shape index (κ1) is 19.3. The summed E-state index contributed by atoms with van der Waals surface area (Å²) >= 11 is 0. The van der Waals surface area contributed by atoms with E-state index in [9.17, 15) is 9.59 Å². The van der Waals surface area contributed by atoms with Gasteiger partial charge in [0, 0.05) is 12.1 Å². The third-order valence-electron chi connectivity index (χ3n) is 3.83. The lowest BCUT2D eigenvalue weighted by Crippen LogP contribution is -2.35. The largest absolute Gasteiger partial charge is 0.497 e. The van der Waals surface area contributed by atoms with Crippen molar-refractivity contribution in [3.63, 3.8) is 0 Å². The Bertz CT molecular complexity index is 742. The summed E-state index contributed by atoms with van der Waals surface area (Å²) in [6.45, 7) is 1.89. The van der Waals surface area contributed by atoms with Crippen LogP contribution in [0, 0.1) is 0 Å². The van der Waals surface area contributed by atoms with Crippen molar-refractivity contribution in [1.29, 1.82) is 0 Å². The number of nitrogens with one attached hydrogen (secondary N) is 1. The molecule has 0 saturated carbocycles. The highest BCUT2D eigenvalue weighted by Crippen LogP contribution is 2.18. The van der Waals surface area contributed by atoms with E-state index in [1.807, 2.05) is 36.4 Å². The van der Waals surface area contributed by atoms with E-state index in [-0.39, 0.29) is 12.3 Å². The average Bonchev–Trinajstić information content (AvgIpc) is 2.66. The molecule has 0 saturated heterocycles. The Balaban J connectivity index is 1.82. The molecule has 0 unspecified atom stereocenters. The van der Waals surface area contributed by atoms with Crippen LogP contribution in [0.1, 0.15) is 18.1 Å². The summed E-state index contributed by atoms with van der Waals surface area (Å²) in [6, 6.07) is 14.5. The molecule has 0 radical (unpaired) electrons. The van der Waals surface area contributed by atoms with Crippen LogP contribution in [0.25, 0.3) is 0 Å². The summed E-state index contributed by atoms with van der Waals surface area (Å²) in [6.07, 6.45) is -0.837. The molecule has 1 atom stereocenters. The fraction of sp³-hybridized carbons (Fsp3) is 0.300. The summed E-state index contributed by atoms with van der Waals surface area (Å²) in [5.41, 5.74) is 1.64. The smallest absolute Gasteiger partial charge is 0.311 e. The minimum atomic E-state index is -0.879. The summed E-state index contributed by atoms with van der Waals surface area (Å²) in [5.74, 6) is 0.524. The highest BCUT2D eigenvalue weighted by atomic mass is 16.5. The highest BCUT2D eigenvalue weighted by Gasteiger charge is 2.18. The molecule has 0 aromatic heterocycles. The number of benzene rings is 2. The van der Waals surface area contributed by atoms with Crippen LogP contribution in [0.15, 0.2) is 48.5 Å². The highest BCUT2D eigenvalue weighted by molar-refractivity contribution is 5.84. The van der Waals surface area contributed by atoms with Gasteiger partial charge in [-0.2, -0.15) is 0 Å². The first-order valence-corrected chi connectivity index (χ1v) is 8.25. The topological polar surface area (TPSA) is 73.9 Å². The molecule has 6 nitrogen and oxygen atoms in total. The second kappa shape index (κ2) is 9.46. The first-order valence-electron chi connectivity index (χ1n) is 8.25. The quantitative estimate of drug-likeness (QED) is 0.735. The molecule has 0 aliphatic heterocycles. The minimum Gasteiger partial charge on any atom is -0.497 e. The molecule has 0 bridgehead atoms. The summed E-state index contributed by atoms with van der Waals surface area (Å²) in [4.78, 5) is 24.2. The second-order valence-corrected chi connectivity index (χ2v) is 5.69. The minimum absolute atomic E-state index is 0.0418. The number of rotatable bonds is 8. The van der Waals surface area contributed by atoms with Crippen LogP contribution >= 0.6 is 0 Å². The monoisotopic (exact) mass is 357 g/mol. The van der Waals surface area contributed by atoms with Crippen molar-refractivity contribution in [2.75, 3.05) is 14.2 Å². The number of esters is 1. The first-order chi connectivity index (χ1) is 12.5. The lowest BCUT2D eigenvalue weighted by atomic mass is 10.1. The molecule has 2 aromatic carbocycles. The molecule has 1 N–H and O–H groups in total. The van der Waals surface area contributed by atoms with Crippen molar-refractivity contribution < 1.29 is 23.8 Å². The van der Waals surface area contributed by atoms with Gasteiger partial charge in [-0.15, -0.1) is 0 Å². The van der Waals surface area contributed by atoms with Gasteiger partial charge < -0.3 is 19.5 Å². The van der Waals surface area contributed by atoms with E-state index in [0.717, 1.165) is 11.3 Å². The number of ether oxygens (including phenoxy) is 3. The van der Waals surface area contributed by atoms with Crippen molar-refractivity contribution in [3.8, 4) is 11.5 Å². The van der Waals surface area contributed by atoms with Crippen molar-refractivity contribution in [2.45, 2.75) is 26.0 Å². The molecule has 2 rings (SSSR count). The van der Waals surface area contributed by atoms with E-state index < -0.39 is 12.1 Å². The van der Waals surface area contributed by atoms with Gasteiger partial charge in [-0.1, -0.05) is 30.3 Å². The maximum absolute atomic E-state index is 12.1. The zero-order valence-corrected chi connectivity index (χ0v) is 15.2. The molecule has 0 aliphatic carbocycles. The molecule has 6 heteroatoms. The molecule has 138 valence electrons. The van der Waals surface area contributed by atoms with Crippen LogP contribution in [0.3, 0.4) is 0 Å². The zero-order chi connectivity index (χ0) is 18.9. The number of hydrogen-bond acceptors (Lipinski definition) is 5. The number of hydrogen-bond donors (Lipinski definition) is 1. The standard InChI is InChI=1S/C20H23NO5/c1-14(20(23)21-13-15-8-10-17(24-2)11-9-15)26-19(22)12-16-6-4-5-7-18(16)25-3/h4-11,14H,12-13H2,1-3H3,(H,21,23)/t14-/m1/s1. The van der Waals surface area contributed by atoms with E-state index in [4.69, 9.17) is 14.2 Å². The van der Waals surface area contributed by atoms with E-state index in [0.29, 0.717) is 17.9 Å². The van der Waals surface area contributed by atoms with Crippen molar-refractivity contribution in [1.82, 2.24) is 5.32 Å². The van der Waals surface area contributed by atoms with Gasteiger partial charge in [-0.05, 0) is 30.7 Å². The predicted octanol–water partition coefficient (Wildman–Crippen LogP) is 2.49. The third-order valence-corrected chi connectivity index (χ3v) is 3.83. The van der Waals surface area contributed by atoms with Crippen LogP contribution in [0.5, 0.6) is 11.5 Å². The summed E-state index contributed by atoms with van der Waals surface area (Å²) in [7, 11) is 3.14. The van der Waals surface area contributed by atoms with Gasteiger partial charge in [0.05, 0.1) is 20.6 Å². The van der Waals surface area contributed by atoms with E-state index in [1.54, 1.807) is 33.3 Å². The number of amides is 1. The molecule has 0 aliphatic rings. The van der Waals surface area contributed by atoms with Crippen LogP contribution in [0.2, 0.25) is 0 Å². The zero-order valence-electron chi connectivity index (χ0n) is 15.2. The summed E-state index contributed by atoms with van der Waals surface area (Å²) in [5, 5.41) is 2.75. The van der Waals surface area contributed by atoms with E-state index in [1.165, 1.54) is 0 Å². The Hall–Kier alpha value is -3.02.